The highest BCUT2D eigenvalue weighted by Crippen LogP contribution is 2.38. The predicted octanol–water partition coefficient (Wildman–Crippen LogP) is 3.63. The van der Waals surface area contributed by atoms with E-state index in [-0.39, 0.29) is 11.3 Å². The summed E-state index contributed by atoms with van der Waals surface area (Å²) in [7, 11) is 1.34. The van der Waals surface area contributed by atoms with Crippen LogP contribution in [0.15, 0.2) is 12.1 Å². The molecule has 2 aromatic rings. The van der Waals surface area contributed by atoms with Crippen LogP contribution in [0.25, 0.3) is 10.2 Å². The molecule has 2 nitrogen and oxygen atoms in total. The molecule has 0 saturated carbocycles. The third kappa shape index (κ3) is 1.84. The van der Waals surface area contributed by atoms with Crippen LogP contribution in [0.4, 0.5) is 13.2 Å². The van der Waals surface area contributed by atoms with Crippen LogP contribution in [0.1, 0.15) is 10.6 Å². The highest BCUT2D eigenvalue weighted by Gasteiger charge is 2.34. The van der Waals surface area contributed by atoms with Crippen molar-refractivity contribution in [1.82, 2.24) is 4.98 Å². The number of hydrogen-bond donors (Lipinski definition) is 0. The van der Waals surface area contributed by atoms with E-state index in [2.05, 4.69) is 4.98 Å². The Morgan fingerprint density at radius 3 is 2.56 bits per heavy atom. The number of alkyl halides is 3. The average Bonchev–Trinajstić information content (AvgIpc) is 2.54. The lowest BCUT2D eigenvalue weighted by molar-refractivity contribution is -0.136. The number of benzene rings is 1. The lowest BCUT2D eigenvalue weighted by Gasteiger charge is -2.09. The van der Waals surface area contributed by atoms with Crippen molar-refractivity contribution in [3.8, 4) is 5.75 Å². The zero-order valence-corrected chi connectivity index (χ0v) is 9.37. The van der Waals surface area contributed by atoms with Crippen molar-refractivity contribution in [2.75, 3.05) is 7.11 Å². The number of ether oxygens (including phenoxy) is 1. The second-order valence-corrected chi connectivity index (χ2v) is 4.49. The first kappa shape index (κ1) is 11.2. The van der Waals surface area contributed by atoms with Crippen molar-refractivity contribution < 1.29 is 17.9 Å². The highest BCUT2D eigenvalue weighted by molar-refractivity contribution is 7.18. The molecule has 16 heavy (non-hydrogen) atoms. The van der Waals surface area contributed by atoms with E-state index in [4.69, 9.17) is 4.74 Å². The van der Waals surface area contributed by atoms with Gasteiger partial charge >= 0.3 is 6.18 Å². The number of halogens is 3. The summed E-state index contributed by atoms with van der Waals surface area (Å²) in [6, 6.07) is 2.54. The van der Waals surface area contributed by atoms with E-state index in [1.54, 1.807) is 13.0 Å². The molecule has 0 aliphatic heterocycles. The van der Waals surface area contributed by atoms with Crippen LogP contribution in [0.3, 0.4) is 0 Å². The molecular weight excluding hydrogens is 239 g/mol. The van der Waals surface area contributed by atoms with E-state index < -0.39 is 11.7 Å². The van der Waals surface area contributed by atoms with Gasteiger partial charge in [0.15, 0.2) is 0 Å². The molecule has 0 radical (unpaired) electrons. The van der Waals surface area contributed by atoms with Crippen LogP contribution < -0.4 is 4.74 Å². The summed E-state index contributed by atoms with van der Waals surface area (Å²) in [5.74, 6) is 0.198. The van der Waals surface area contributed by atoms with Crippen molar-refractivity contribution in [1.29, 1.82) is 0 Å². The van der Waals surface area contributed by atoms with Gasteiger partial charge < -0.3 is 4.74 Å². The fourth-order valence-corrected chi connectivity index (χ4v) is 2.33. The van der Waals surface area contributed by atoms with Crippen molar-refractivity contribution in [2.24, 2.45) is 0 Å². The molecule has 86 valence electrons. The van der Waals surface area contributed by atoms with Gasteiger partial charge in [-0.2, -0.15) is 13.2 Å². The minimum absolute atomic E-state index is 0.00389. The first-order chi connectivity index (χ1) is 7.41. The van der Waals surface area contributed by atoms with Crippen molar-refractivity contribution in [3.05, 3.63) is 22.7 Å². The number of aromatic nitrogens is 1. The van der Waals surface area contributed by atoms with Gasteiger partial charge in [0.25, 0.3) is 0 Å². The third-order valence-corrected chi connectivity index (χ3v) is 3.03. The quantitative estimate of drug-likeness (QED) is 0.767. The molecule has 0 amide bonds. The summed E-state index contributed by atoms with van der Waals surface area (Å²) < 4.78 is 43.6. The Labute approximate surface area is 93.7 Å². The van der Waals surface area contributed by atoms with Crippen LogP contribution in [0.5, 0.6) is 5.75 Å². The topological polar surface area (TPSA) is 22.1 Å². The predicted molar refractivity (Wildman–Crippen MR) is 55.9 cm³/mol. The SMILES string of the molecule is COc1cc(C(F)(F)F)c2nc(C)sc2c1. The van der Waals surface area contributed by atoms with E-state index in [9.17, 15) is 13.2 Å². The molecule has 0 N–H and O–H groups in total. The maximum atomic E-state index is 12.8. The summed E-state index contributed by atoms with van der Waals surface area (Å²) in [5.41, 5.74) is -0.748. The Morgan fingerprint density at radius 1 is 1.31 bits per heavy atom. The molecule has 0 unspecified atom stereocenters. The molecule has 0 aliphatic rings. The Hall–Kier alpha value is -1.30. The molecule has 1 heterocycles. The highest BCUT2D eigenvalue weighted by atomic mass is 32.1. The monoisotopic (exact) mass is 247 g/mol. The van der Waals surface area contributed by atoms with Gasteiger partial charge in [0, 0.05) is 0 Å². The molecule has 0 atom stereocenters. The molecule has 2 rings (SSSR count). The van der Waals surface area contributed by atoms with Crippen LogP contribution in [0, 0.1) is 6.92 Å². The molecule has 1 aromatic carbocycles. The van der Waals surface area contributed by atoms with Crippen LogP contribution in [0.2, 0.25) is 0 Å². The third-order valence-electron chi connectivity index (χ3n) is 2.12. The van der Waals surface area contributed by atoms with Crippen LogP contribution in [-0.4, -0.2) is 12.1 Å². The Bertz CT molecular complexity index is 533. The molecule has 6 heteroatoms. The van der Waals surface area contributed by atoms with Crippen LogP contribution >= 0.6 is 11.3 Å². The smallest absolute Gasteiger partial charge is 0.418 e. The standard InChI is InChI=1S/C10H8F3NOS/c1-5-14-9-7(10(11,12)13)3-6(15-2)4-8(9)16-5/h3-4H,1-2H3. The molecule has 0 saturated heterocycles. The van der Waals surface area contributed by atoms with Gasteiger partial charge in [-0.1, -0.05) is 0 Å². The molecular formula is C10H8F3NOS. The zero-order valence-electron chi connectivity index (χ0n) is 8.55. The van der Waals surface area contributed by atoms with E-state index in [0.29, 0.717) is 9.71 Å². The molecule has 0 spiro atoms. The summed E-state index contributed by atoms with van der Waals surface area (Å²) in [4.78, 5) is 3.90. The van der Waals surface area contributed by atoms with Gasteiger partial charge in [0.05, 0.1) is 27.9 Å². The maximum absolute atomic E-state index is 12.8. The van der Waals surface area contributed by atoms with Gasteiger partial charge in [0.2, 0.25) is 0 Å². The molecule has 0 bridgehead atoms. The van der Waals surface area contributed by atoms with Gasteiger partial charge in [-0.15, -0.1) is 11.3 Å². The maximum Gasteiger partial charge on any atom is 0.418 e. The summed E-state index contributed by atoms with van der Waals surface area (Å²) >= 11 is 1.22. The Morgan fingerprint density at radius 2 is 2.00 bits per heavy atom. The largest absolute Gasteiger partial charge is 0.497 e. The molecule has 1 aromatic heterocycles. The van der Waals surface area contributed by atoms with Crippen molar-refractivity contribution in [3.63, 3.8) is 0 Å². The number of nitrogens with zero attached hydrogens (tertiary/aromatic N) is 1. The zero-order chi connectivity index (χ0) is 11.9. The Balaban J connectivity index is 2.78. The number of aryl methyl sites for hydroxylation is 1. The van der Waals surface area contributed by atoms with Crippen LogP contribution in [-0.2, 0) is 6.18 Å². The van der Waals surface area contributed by atoms with Gasteiger partial charge in [0.1, 0.15) is 5.75 Å². The first-order valence-electron chi connectivity index (χ1n) is 4.44. The summed E-state index contributed by atoms with van der Waals surface area (Å²) in [6.07, 6.45) is -4.41. The minimum Gasteiger partial charge on any atom is -0.497 e. The molecule has 0 aliphatic carbocycles. The number of fused-ring (bicyclic) bond motifs is 1. The van der Waals surface area contributed by atoms with E-state index in [0.717, 1.165) is 6.07 Å². The lowest BCUT2D eigenvalue weighted by Crippen LogP contribution is -2.06. The molecule has 0 fully saturated rings. The second kappa shape index (κ2) is 3.62. The van der Waals surface area contributed by atoms with Crippen molar-refractivity contribution in [2.45, 2.75) is 13.1 Å². The van der Waals surface area contributed by atoms with Gasteiger partial charge in [-0.05, 0) is 19.1 Å². The number of methoxy groups -OCH3 is 1. The van der Waals surface area contributed by atoms with Gasteiger partial charge in [-0.25, -0.2) is 4.98 Å². The number of rotatable bonds is 1. The Kier molecular flexibility index (Phi) is 2.53. The van der Waals surface area contributed by atoms with Crippen molar-refractivity contribution >= 4 is 21.6 Å². The second-order valence-electron chi connectivity index (χ2n) is 3.25. The summed E-state index contributed by atoms with van der Waals surface area (Å²) in [5, 5.41) is 0.605. The minimum atomic E-state index is -4.41. The average molecular weight is 247 g/mol. The van der Waals surface area contributed by atoms with Gasteiger partial charge in [-0.3, -0.25) is 0 Å². The number of hydrogen-bond acceptors (Lipinski definition) is 3. The van der Waals surface area contributed by atoms with E-state index >= 15 is 0 Å². The normalized spacial score (nSPS) is 12.1. The summed E-state index contributed by atoms with van der Waals surface area (Å²) in [6.45, 7) is 1.68. The fourth-order valence-electron chi connectivity index (χ4n) is 1.45. The lowest BCUT2D eigenvalue weighted by atomic mass is 10.2. The number of thiazole rings is 1. The van der Waals surface area contributed by atoms with E-state index in [1.165, 1.54) is 18.4 Å². The van der Waals surface area contributed by atoms with E-state index in [1.807, 2.05) is 0 Å². The first-order valence-corrected chi connectivity index (χ1v) is 5.26. The fraction of sp³-hybridized carbons (Fsp3) is 0.300.